The Hall–Kier alpha value is -1.59. The van der Waals surface area contributed by atoms with Crippen LogP contribution in [0.3, 0.4) is 0 Å². The third kappa shape index (κ3) is 3.68. The monoisotopic (exact) mass is 267 g/mol. The summed E-state index contributed by atoms with van der Waals surface area (Å²) in [6.07, 6.45) is -1.03. The van der Waals surface area contributed by atoms with Crippen LogP contribution in [0.4, 0.5) is 0 Å². The lowest BCUT2D eigenvalue weighted by Crippen LogP contribution is -2.31. The van der Waals surface area contributed by atoms with Crippen LogP contribution in [0.25, 0.3) is 0 Å². The van der Waals surface area contributed by atoms with E-state index in [-0.39, 0.29) is 6.42 Å². The molecule has 0 heterocycles. The number of aliphatic hydroxyl groups excluding tert-OH is 1. The predicted molar refractivity (Wildman–Crippen MR) is 72.0 cm³/mol. The van der Waals surface area contributed by atoms with E-state index in [0.717, 1.165) is 11.1 Å². The molecule has 0 fully saturated rings. The fourth-order valence-corrected chi connectivity index (χ4v) is 1.84. The molecule has 19 heavy (non-hydrogen) atoms. The number of hydrogen-bond donors (Lipinski definition) is 2. The minimum Gasteiger partial charge on any atom is -0.496 e. The molecule has 3 N–H and O–H groups in total. The molecule has 0 aliphatic heterocycles. The third-order valence-corrected chi connectivity index (χ3v) is 3.20. The Labute approximate surface area is 113 Å². The van der Waals surface area contributed by atoms with E-state index in [9.17, 15) is 9.90 Å². The number of carbonyl (C=O) groups is 1. The van der Waals surface area contributed by atoms with Crippen molar-refractivity contribution in [3.8, 4) is 5.75 Å². The topological polar surface area (TPSA) is 81.8 Å². The van der Waals surface area contributed by atoms with Gasteiger partial charge in [-0.25, -0.2) is 0 Å². The maximum atomic E-state index is 11.2. The average Bonchev–Trinajstić information content (AvgIpc) is 2.40. The van der Waals surface area contributed by atoms with Gasteiger partial charge in [0, 0.05) is 11.6 Å². The van der Waals surface area contributed by atoms with Crippen molar-refractivity contribution in [2.45, 2.75) is 32.4 Å². The Morgan fingerprint density at radius 3 is 2.42 bits per heavy atom. The van der Waals surface area contributed by atoms with Crippen molar-refractivity contribution in [2.24, 2.45) is 5.73 Å². The van der Waals surface area contributed by atoms with Crippen molar-refractivity contribution in [3.63, 3.8) is 0 Å². The Kier molecular flexibility index (Phi) is 5.32. The van der Waals surface area contributed by atoms with E-state index in [1.165, 1.54) is 14.2 Å². The number of ether oxygens (including phenoxy) is 2. The number of esters is 1. The molecule has 1 rings (SSSR count). The number of aliphatic hydroxyl groups is 1. The molecule has 5 heteroatoms. The van der Waals surface area contributed by atoms with Crippen LogP contribution in [0.5, 0.6) is 5.75 Å². The summed E-state index contributed by atoms with van der Waals surface area (Å²) in [6.45, 7) is 3.90. The summed E-state index contributed by atoms with van der Waals surface area (Å²) in [7, 11) is 2.82. The van der Waals surface area contributed by atoms with Gasteiger partial charge in [-0.2, -0.15) is 0 Å². The van der Waals surface area contributed by atoms with E-state index in [1.54, 1.807) is 0 Å². The number of aryl methyl sites for hydroxylation is 2. The van der Waals surface area contributed by atoms with Gasteiger partial charge in [0.05, 0.1) is 26.7 Å². The Bertz CT molecular complexity index is 459. The first-order valence-electron chi connectivity index (χ1n) is 6.06. The lowest BCUT2D eigenvalue weighted by molar-refractivity contribution is -0.141. The normalized spacial score (nSPS) is 13.8. The summed E-state index contributed by atoms with van der Waals surface area (Å²) in [5.74, 6) is 0.116. The summed E-state index contributed by atoms with van der Waals surface area (Å²) >= 11 is 0. The molecular formula is C14H21NO4. The highest BCUT2D eigenvalue weighted by atomic mass is 16.5. The molecule has 0 saturated heterocycles. The zero-order valence-electron chi connectivity index (χ0n) is 11.8. The first-order chi connectivity index (χ1) is 8.90. The zero-order chi connectivity index (χ0) is 14.6. The summed E-state index contributed by atoms with van der Waals surface area (Å²) in [5, 5.41) is 10.2. The molecule has 2 unspecified atom stereocenters. The van der Waals surface area contributed by atoms with E-state index >= 15 is 0 Å². The molecule has 0 saturated carbocycles. The molecule has 0 aliphatic rings. The Morgan fingerprint density at radius 2 is 1.89 bits per heavy atom. The first kappa shape index (κ1) is 15.5. The fraction of sp³-hybridized carbons (Fsp3) is 0.500. The van der Waals surface area contributed by atoms with Gasteiger partial charge in [-0.1, -0.05) is 0 Å². The van der Waals surface area contributed by atoms with Crippen LogP contribution in [0, 0.1) is 13.8 Å². The number of rotatable bonds is 5. The van der Waals surface area contributed by atoms with E-state index in [0.29, 0.717) is 11.3 Å². The summed E-state index contributed by atoms with van der Waals surface area (Å²) < 4.78 is 9.80. The fourth-order valence-electron chi connectivity index (χ4n) is 1.84. The molecule has 2 atom stereocenters. The first-order valence-corrected chi connectivity index (χ1v) is 6.06. The molecule has 0 bridgehead atoms. The Morgan fingerprint density at radius 1 is 1.32 bits per heavy atom. The highest BCUT2D eigenvalue weighted by Crippen LogP contribution is 2.30. The van der Waals surface area contributed by atoms with Crippen molar-refractivity contribution in [1.29, 1.82) is 0 Å². The quantitative estimate of drug-likeness (QED) is 0.784. The summed E-state index contributed by atoms with van der Waals surface area (Å²) in [4.78, 5) is 11.2. The molecule has 0 aromatic heterocycles. The smallest absolute Gasteiger partial charge is 0.307 e. The van der Waals surface area contributed by atoms with Crippen LogP contribution < -0.4 is 10.5 Å². The molecule has 1 aromatic carbocycles. The van der Waals surface area contributed by atoms with Gasteiger partial charge in [-0.05, 0) is 37.1 Å². The number of benzene rings is 1. The number of hydrogen-bond acceptors (Lipinski definition) is 5. The molecule has 0 radical (unpaired) electrons. The van der Waals surface area contributed by atoms with Crippen LogP contribution in [-0.4, -0.2) is 31.3 Å². The van der Waals surface area contributed by atoms with Gasteiger partial charge < -0.3 is 20.3 Å². The van der Waals surface area contributed by atoms with Crippen molar-refractivity contribution in [2.75, 3.05) is 14.2 Å². The van der Waals surface area contributed by atoms with Gasteiger partial charge >= 0.3 is 5.97 Å². The van der Waals surface area contributed by atoms with E-state index in [1.807, 2.05) is 26.0 Å². The van der Waals surface area contributed by atoms with Crippen molar-refractivity contribution >= 4 is 5.97 Å². The second-order valence-corrected chi connectivity index (χ2v) is 4.57. The maximum absolute atomic E-state index is 11.2. The zero-order valence-corrected chi connectivity index (χ0v) is 11.8. The molecule has 5 nitrogen and oxygen atoms in total. The molecule has 106 valence electrons. The third-order valence-electron chi connectivity index (χ3n) is 3.20. The van der Waals surface area contributed by atoms with Crippen molar-refractivity contribution in [1.82, 2.24) is 0 Å². The average molecular weight is 267 g/mol. The minimum absolute atomic E-state index is 0.0479. The SMILES string of the molecule is COC(=O)CC(N)C(O)c1cc(C)c(C)cc1OC. The van der Waals surface area contributed by atoms with Crippen LogP contribution in [0.15, 0.2) is 12.1 Å². The molecule has 0 aliphatic carbocycles. The lowest BCUT2D eigenvalue weighted by atomic mass is 9.96. The van der Waals surface area contributed by atoms with Gasteiger partial charge in [0.2, 0.25) is 0 Å². The van der Waals surface area contributed by atoms with Crippen LogP contribution >= 0.6 is 0 Å². The predicted octanol–water partition coefficient (Wildman–Crippen LogP) is 1.24. The molecular weight excluding hydrogens is 246 g/mol. The maximum Gasteiger partial charge on any atom is 0.307 e. The molecule has 0 amide bonds. The van der Waals surface area contributed by atoms with Crippen molar-refractivity contribution in [3.05, 3.63) is 28.8 Å². The Balaban J connectivity index is 3.01. The number of carbonyl (C=O) groups excluding carboxylic acids is 1. The number of nitrogens with two attached hydrogens (primary N) is 1. The summed E-state index contributed by atoms with van der Waals surface area (Å²) in [6, 6.07) is 2.94. The van der Waals surface area contributed by atoms with Crippen LogP contribution in [-0.2, 0) is 9.53 Å². The second kappa shape index (κ2) is 6.54. The molecule has 1 aromatic rings. The van der Waals surface area contributed by atoms with Crippen LogP contribution in [0.1, 0.15) is 29.2 Å². The van der Waals surface area contributed by atoms with Gasteiger partial charge in [0.25, 0.3) is 0 Å². The van der Waals surface area contributed by atoms with Gasteiger partial charge in [0.15, 0.2) is 0 Å². The van der Waals surface area contributed by atoms with Crippen LogP contribution in [0.2, 0.25) is 0 Å². The lowest BCUT2D eigenvalue weighted by Gasteiger charge is -2.21. The van der Waals surface area contributed by atoms with Gasteiger partial charge in [0.1, 0.15) is 5.75 Å². The van der Waals surface area contributed by atoms with E-state index in [4.69, 9.17) is 10.5 Å². The highest BCUT2D eigenvalue weighted by molar-refractivity contribution is 5.70. The molecule has 0 spiro atoms. The largest absolute Gasteiger partial charge is 0.496 e. The number of methoxy groups -OCH3 is 2. The second-order valence-electron chi connectivity index (χ2n) is 4.57. The standard InChI is InChI=1S/C14H21NO4/c1-8-5-10(12(18-3)6-9(8)2)14(17)11(15)7-13(16)19-4/h5-6,11,14,17H,7,15H2,1-4H3. The van der Waals surface area contributed by atoms with E-state index in [2.05, 4.69) is 4.74 Å². The highest BCUT2D eigenvalue weighted by Gasteiger charge is 2.23. The minimum atomic E-state index is -0.978. The van der Waals surface area contributed by atoms with Gasteiger partial charge in [-0.15, -0.1) is 0 Å². The summed E-state index contributed by atoms with van der Waals surface area (Å²) in [5.41, 5.74) is 8.51. The van der Waals surface area contributed by atoms with E-state index < -0.39 is 18.1 Å². The van der Waals surface area contributed by atoms with Crippen molar-refractivity contribution < 1.29 is 19.4 Å². The van der Waals surface area contributed by atoms with Gasteiger partial charge in [-0.3, -0.25) is 4.79 Å².